The number of ether oxygens (including phenoxy) is 1. The lowest BCUT2D eigenvalue weighted by Gasteiger charge is -2.39. The standard InChI is InChI=1S/C34H35N7O3S/c1-23-15-24(16-26-21-39(2)14-12-30(23)26)31-20-36-33(35)34(38-31)44-28-19-37-40(22-28)27-17-25(18-27)32-11-7-4-8-13-41(32)45(42,43)29-9-5-3-6-10-29/h3-11,13,15-16,19-20,22,25,27H,12,14,17-18,21H2,1-2H3,(H2,35,36). The molecule has 2 N–H and O–H groups in total. The number of hydrogen-bond acceptors (Lipinski definition) is 8. The highest BCUT2D eigenvalue weighted by atomic mass is 32.2. The lowest BCUT2D eigenvalue weighted by atomic mass is 9.78. The summed E-state index contributed by atoms with van der Waals surface area (Å²) in [5, 5.41) is 4.54. The molecule has 1 aliphatic carbocycles. The van der Waals surface area contributed by atoms with Crippen molar-refractivity contribution in [3.05, 3.63) is 114 Å². The Balaban J connectivity index is 1.06. The van der Waals surface area contributed by atoms with Crippen LogP contribution in [0.4, 0.5) is 5.82 Å². The first-order valence-corrected chi connectivity index (χ1v) is 16.5. The Kier molecular flexibility index (Phi) is 7.50. The molecule has 230 valence electrons. The summed E-state index contributed by atoms with van der Waals surface area (Å²) in [5.74, 6) is 0.987. The van der Waals surface area contributed by atoms with E-state index in [1.54, 1.807) is 55.0 Å². The smallest absolute Gasteiger partial charge is 0.267 e. The summed E-state index contributed by atoms with van der Waals surface area (Å²) >= 11 is 0. The molecule has 0 unspecified atom stereocenters. The normalized spacial score (nSPS) is 19.9. The molecule has 2 aromatic heterocycles. The second-order valence-corrected chi connectivity index (χ2v) is 13.7. The fourth-order valence-corrected chi connectivity index (χ4v) is 7.73. The van der Waals surface area contributed by atoms with Gasteiger partial charge in [0.2, 0.25) is 0 Å². The molecule has 0 atom stereocenters. The monoisotopic (exact) mass is 621 g/mol. The predicted molar refractivity (Wildman–Crippen MR) is 173 cm³/mol. The molecule has 2 aromatic carbocycles. The zero-order chi connectivity index (χ0) is 31.1. The third-order valence-corrected chi connectivity index (χ3v) is 10.5. The van der Waals surface area contributed by atoms with E-state index in [2.05, 4.69) is 41.1 Å². The number of likely N-dealkylation sites (N-methyl/N-ethyl adjacent to an activating group) is 1. The van der Waals surface area contributed by atoms with E-state index in [1.807, 2.05) is 29.1 Å². The van der Waals surface area contributed by atoms with Gasteiger partial charge in [-0.25, -0.2) is 22.7 Å². The van der Waals surface area contributed by atoms with Crippen molar-refractivity contribution in [3.8, 4) is 22.9 Å². The largest absolute Gasteiger partial charge is 0.433 e. The predicted octanol–water partition coefficient (Wildman–Crippen LogP) is 5.62. The number of allylic oxidation sites excluding steroid dienone is 5. The van der Waals surface area contributed by atoms with Gasteiger partial charge in [0.1, 0.15) is 0 Å². The minimum absolute atomic E-state index is 0.0486. The van der Waals surface area contributed by atoms with Crippen LogP contribution in [-0.4, -0.2) is 51.0 Å². The molecule has 0 spiro atoms. The van der Waals surface area contributed by atoms with Crippen LogP contribution in [0.1, 0.15) is 35.6 Å². The number of nitrogen functional groups attached to an aromatic ring is 1. The first-order valence-electron chi connectivity index (χ1n) is 15.1. The first-order chi connectivity index (χ1) is 21.8. The summed E-state index contributed by atoms with van der Waals surface area (Å²) in [6.45, 7) is 4.11. The van der Waals surface area contributed by atoms with E-state index in [4.69, 9.17) is 15.5 Å². The van der Waals surface area contributed by atoms with Crippen molar-refractivity contribution in [3.63, 3.8) is 0 Å². The number of fused-ring (bicyclic) bond motifs is 1. The van der Waals surface area contributed by atoms with Gasteiger partial charge < -0.3 is 15.4 Å². The Morgan fingerprint density at radius 1 is 1.04 bits per heavy atom. The number of aromatic nitrogens is 4. The second-order valence-electron chi connectivity index (χ2n) is 11.9. The van der Waals surface area contributed by atoms with Gasteiger partial charge in [-0.05, 0) is 86.3 Å². The van der Waals surface area contributed by atoms with Crippen molar-refractivity contribution in [1.82, 2.24) is 29.0 Å². The van der Waals surface area contributed by atoms with Crippen LogP contribution in [0.15, 0.2) is 102 Å². The Morgan fingerprint density at radius 3 is 2.69 bits per heavy atom. The highest BCUT2D eigenvalue weighted by Gasteiger charge is 2.38. The minimum Gasteiger partial charge on any atom is -0.433 e. The molecular formula is C34H35N7O3S. The fraction of sp³-hybridized carbons (Fsp3) is 0.265. The summed E-state index contributed by atoms with van der Waals surface area (Å²) in [7, 11) is -1.60. The average molecular weight is 622 g/mol. The molecule has 0 radical (unpaired) electrons. The maximum Gasteiger partial charge on any atom is 0.267 e. The van der Waals surface area contributed by atoms with Crippen molar-refractivity contribution in [2.45, 2.75) is 43.7 Å². The van der Waals surface area contributed by atoms with Crippen molar-refractivity contribution in [2.75, 3.05) is 19.3 Å². The van der Waals surface area contributed by atoms with E-state index in [9.17, 15) is 8.42 Å². The number of hydrogen-bond donors (Lipinski definition) is 1. The van der Waals surface area contributed by atoms with E-state index < -0.39 is 10.0 Å². The number of nitrogens with two attached hydrogens (primary N) is 1. The molecule has 1 saturated carbocycles. The summed E-state index contributed by atoms with van der Waals surface area (Å²) in [6, 6.07) is 12.9. The van der Waals surface area contributed by atoms with Gasteiger partial charge >= 0.3 is 0 Å². The van der Waals surface area contributed by atoms with E-state index in [0.717, 1.165) is 43.6 Å². The van der Waals surface area contributed by atoms with E-state index >= 15 is 0 Å². The SMILES string of the molecule is Cc1cc(-c2cnc(N)c(Oc3cnn(C4CC(C5=CC=CC=CN5S(=O)(=O)c5ccccc5)C4)c3)n2)cc2c1CCN(C)C2. The Bertz CT molecular complexity index is 1940. The Labute approximate surface area is 263 Å². The minimum atomic E-state index is -3.74. The third-order valence-electron chi connectivity index (χ3n) is 8.78. The van der Waals surface area contributed by atoms with Gasteiger partial charge in [-0.3, -0.25) is 4.68 Å². The van der Waals surface area contributed by atoms with Gasteiger partial charge in [-0.1, -0.05) is 30.4 Å². The van der Waals surface area contributed by atoms with Crippen molar-refractivity contribution in [1.29, 1.82) is 0 Å². The number of aryl methyl sites for hydroxylation is 1. The third kappa shape index (κ3) is 5.65. The molecule has 0 amide bonds. The fourth-order valence-electron chi connectivity index (χ4n) is 6.28. The molecule has 2 aliphatic heterocycles. The summed E-state index contributed by atoms with van der Waals surface area (Å²) in [5.41, 5.74) is 12.6. The maximum atomic E-state index is 13.5. The molecule has 3 aliphatic rings. The summed E-state index contributed by atoms with van der Waals surface area (Å²) in [4.78, 5) is 11.7. The maximum absolute atomic E-state index is 13.5. The molecule has 11 heteroatoms. The van der Waals surface area contributed by atoms with E-state index in [1.165, 1.54) is 21.0 Å². The van der Waals surface area contributed by atoms with Crippen LogP contribution < -0.4 is 10.5 Å². The summed E-state index contributed by atoms with van der Waals surface area (Å²) in [6.07, 6.45) is 16.6. The Hall–Kier alpha value is -4.74. The van der Waals surface area contributed by atoms with Gasteiger partial charge in [0, 0.05) is 36.5 Å². The van der Waals surface area contributed by atoms with Crippen LogP contribution in [0.25, 0.3) is 11.3 Å². The quantitative estimate of drug-likeness (QED) is 0.283. The van der Waals surface area contributed by atoms with Gasteiger partial charge in [-0.2, -0.15) is 5.10 Å². The molecule has 4 aromatic rings. The zero-order valence-electron chi connectivity index (χ0n) is 25.2. The summed E-state index contributed by atoms with van der Waals surface area (Å²) < 4.78 is 36.4. The van der Waals surface area contributed by atoms with Crippen LogP contribution in [0.2, 0.25) is 0 Å². The van der Waals surface area contributed by atoms with Crippen LogP contribution in [0, 0.1) is 12.8 Å². The van der Waals surface area contributed by atoms with Gasteiger partial charge in [0.15, 0.2) is 11.6 Å². The van der Waals surface area contributed by atoms with Crippen LogP contribution in [-0.2, 0) is 23.0 Å². The van der Waals surface area contributed by atoms with Crippen molar-refractivity contribution in [2.24, 2.45) is 5.92 Å². The number of benzene rings is 2. The number of nitrogens with zero attached hydrogens (tertiary/aromatic N) is 6. The molecule has 0 saturated heterocycles. The van der Waals surface area contributed by atoms with Crippen molar-refractivity contribution < 1.29 is 13.2 Å². The topological polar surface area (TPSA) is 119 Å². The molecule has 0 bridgehead atoms. The van der Waals surface area contributed by atoms with E-state index in [0.29, 0.717) is 11.4 Å². The molecular weight excluding hydrogens is 586 g/mol. The highest BCUT2D eigenvalue weighted by Crippen LogP contribution is 2.45. The molecule has 1 fully saturated rings. The molecule has 7 rings (SSSR count). The van der Waals surface area contributed by atoms with Gasteiger partial charge in [-0.15, -0.1) is 0 Å². The van der Waals surface area contributed by atoms with Crippen molar-refractivity contribution >= 4 is 15.8 Å². The number of rotatable bonds is 7. The zero-order valence-corrected chi connectivity index (χ0v) is 26.1. The Morgan fingerprint density at radius 2 is 1.87 bits per heavy atom. The lowest BCUT2D eigenvalue weighted by Crippen LogP contribution is -2.36. The number of anilines is 1. The van der Waals surface area contributed by atoms with Crippen LogP contribution >= 0.6 is 0 Å². The molecule has 4 heterocycles. The van der Waals surface area contributed by atoms with Gasteiger partial charge in [0.25, 0.3) is 15.9 Å². The lowest BCUT2D eigenvalue weighted by molar-refractivity contribution is 0.198. The first kappa shape index (κ1) is 29.0. The highest BCUT2D eigenvalue weighted by molar-refractivity contribution is 7.89. The van der Waals surface area contributed by atoms with Crippen LogP contribution in [0.5, 0.6) is 11.6 Å². The second kappa shape index (κ2) is 11.6. The molecule has 10 nitrogen and oxygen atoms in total. The van der Waals surface area contributed by atoms with E-state index in [-0.39, 0.29) is 28.6 Å². The number of sulfonamides is 1. The van der Waals surface area contributed by atoms with Crippen LogP contribution in [0.3, 0.4) is 0 Å². The molecule has 45 heavy (non-hydrogen) atoms. The van der Waals surface area contributed by atoms with Gasteiger partial charge in [0.05, 0.1) is 35.2 Å². The average Bonchev–Trinajstić information content (AvgIpc) is 3.31.